The maximum Gasteiger partial charge on any atom is 0.374 e. The molecule has 0 unspecified atom stereocenters. The predicted octanol–water partition coefficient (Wildman–Crippen LogP) is 3.21. The lowest BCUT2D eigenvalue weighted by Crippen LogP contribution is -2.21. The van der Waals surface area contributed by atoms with Crippen LogP contribution in [0.5, 0.6) is 0 Å². The van der Waals surface area contributed by atoms with Crippen LogP contribution in [0.15, 0.2) is 57.7 Å². The van der Waals surface area contributed by atoms with Crippen LogP contribution in [-0.2, 0) is 9.53 Å². The van der Waals surface area contributed by atoms with Gasteiger partial charge in [-0.1, -0.05) is 23.8 Å². The molecule has 0 saturated heterocycles. The Morgan fingerprint density at radius 2 is 1.81 bits per heavy atom. The maximum atomic E-state index is 12.1. The number of ether oxygens (including phenoxy) is 1. The van der Waals surface area contributed by atoms with Crippen LogP contribution in [0.3, 0.4) is 0 Å². The van der Waals surface area contributed by atoms with Crippen LogP contribution in [0.4, 0.5) is 5.69 Å². The number of fused-ring (bicyclic) bond motifs is 1. The smallest absolute Gasteiger partial charge is 0.374 e. The largest absolute Gasteiger partial charge is 0.450 e. The highest BCUT2D eigenvalue weighted by Crippen LogP contribution is 2.15. The van der Waals surface area contributed by atoms with Crippen LogP contribution in [0.2, 0.25) is 0 Å². The highest BCUT2D eigenvalue weighted by molar-refractivity contribution is 5.95. The van der Waals surface area contributed by atoms with E-state index in [9.17, 15) is 14.4 Å². The molecule has 132 valence electrons. The van der Waals surface area contributed by atoms with Gasteiger partial charge in [0.1, 0.15) is 5.58 Å². The summed E-state index contributed by atoms with van der Waals surface area (Å²) in [7, 11) is 0. The van der Waals surface area contributed by atoms with E-state index >= 15 is 0 Å². The third kappa shape index (κ3) is 3.97. The Morgan fingerprint density at radius 1 is 1.04 bits per heavy atom. The number of nitrogens with one attached hydrogen (secondary N) is 1. The van der Waals surface area contributed by atoms with Crippen molar-refractivity contribution in [2.24, 2.45) is 0 Å². The summed E-state index contributed by atoms with van der Waals surface area (Å²) >= 11 is 0. The molecule has 1 N–H and O–H groups in total. The van der Waals surface area contributed by atoms with Crippen LogP contribution in [0.1, 0.15) is 21.7 Å². The van der Waals surface area contributed by atoms with Crippen molar-refractivity contribution in [3.05, 3.63) is 75.6 Å². The summed E-state index contributed by atoms with van der Waals surface area (Å²) in [5.41, 5.74) is 2.46. The van der Waals surface area contributed by atoms with Crippen molar-refractivity contribution in [1.82, 2.24) is 0 Å². The minimum atomic E-state index is -0.871. The SMILES string of the molecule is Cc1cccc(NC(=O)COC(=O)c2cc(=O)c3cc(C)ccc3o2)c1. The highest BCUT2D eigenvalue weighted by atomic mass is 16.5. The van der Waals surface area contributed by atoms with Crippen LogP contribution in [0, 0.1) is 13.8 Å². The fourth-order valence-corrected chi connectivity index (χ4v) is 2.49. The van der Waals surface area contributed by atoms with Crippen LogP contribution >= 0.6 is 0 Å². The van der Waals surface area contributed by atoms with Gasteiger partial charge in [-0.2, -0.15) is 0 Å². The van der Waals surface area contributed by atoms with Crippen molar-refractivity contribution in [1.29, 1.82) is 0 Å². The summed E-state index contributed by atoms with van der Waals surface area (Å²) in [5.74, 6) is -1.60. The summed E-state index contributed by atoms with van der Waals surface area (Å²) in [6.07, 6.45) is 0. The lowest BCUT2D eigenvalue weighted by atomic mass is 10.1. The molecule has 0 atom stereocenters. The van der Waals surface area contributed by atoms with Gasteiger partial charge in [-0.05, 0) is 43.7 Å². The van der Waals surface area contributed by atoms with Crippen molar-refractivity contribution in [2.45, 2.75) is 13.8 Å². The van der Waals surface area contributed by atoms with E-state index in [1.807, 2.05) is 26.0 Å². The second-order valence-electron chi connectivity index (χ2n) is 5.97. The minimum Gasteiger partial charge on any atom is -0.450 e. The number of hydrogen-bond acceptors (Lipinski definition) is 5. The molecular weight excluding hydrogens is 334 g/mol. The maximum absolute atomic E-state index is 12.1. The monoisotopic (exact) mass is 351 g/mol. The van der Waals surface area contributed by atoms with Gasteiger partial charge in [0.05, 0.1) is 5.39 Å². The molecule has 26 heavy (non-hydrogen) atoms. The van der Waals surface area contributed by atoms with Crippen molar-refractivity contribution in [3.8, 4) is 0 Å². The van der Waals surface area contributed by atoms with E-state index < -0.39 is 18.5 Å². The molecule has 1 amide bonds. The number of esters is 1. The minimum absolute atomic E-state index is 0.241. The summed E-state index contributed by atoms with van der Waals surface area (Å²) in [5, 5.41) is 3.02. The zero-order valence-electron chi connectivity index (χ0n) is 14.4. The van der Waals surface area contributed by atoms with Gasteiger partial charge in [0, 0.05) is 11.8 Å². The fraction of sp³-hybridized carbons (Fsp3) is 0.150. The molecule has 0 spiro atoms. The Kier molecular flexibility index (Phi) is 4.84. The number of carbonyl (C=O) groups excluding carboxylic acids is 2. The van der Waals surface area contributed by atoms with Gasteiger partial charge in [-0.25, -0.2) is 4.79 Å². The Labute approximate surface area is 149 Å². The molecule has 0 aliphatic heterocycles. The van der Waals surface area contributed by atoms with E-state index in [0.717, 1.165) is 17.2 Å². The second kappa shape index (κ2) is 7.23. The Morgan fingerprint density at radius 3 is 2.58 bits per heavy atom. The first kappa shape index (κ1) is 17.4. The van der Waals surface area contributed by atoms with E-state index in [4.69, 9.17) is 9.15 Å². The molecule has 6 heteroatoms. The number of benzene rings is 2. The average molecular weight is 351 g/mol. The van der Waals surface area contributed by atoms with Crippen molar-refractivity contribution in [3.63, 3.8) is 0 Å². The fourth-order valence-electron chi connectivity index (χ4n) is 2.49. The van der Waals surface area contributed by atoms with Crippen molar-refractivity contribution in [2.75, 3.05) is 11.9 Å². The first-order valence-electron chi connectivity index (χ1n) is 8.00. The van der Waals surface area contributed by atoms with Gasteiger partial charge >= 0.3 is 5.97 Å². The molecular formula is C20H17NO5. The van der Waals surface area contributed by atoms with Gasteiger partial charge in [0.2, 0.25) is 5.76 Å². The second-order valence-corrected chi connectivity index (χ2v) is 5.97. The quantitative estimate of drug-likeness (QED) is 0.730. The van der Waals surface area contributed by atoms with Crippen molar-refractivity contribution < 1.29 is 18.7 Å². The summed E-state index contributed by atoms with van der Waals surface area (Å²) < 4.78 is 10.4. The number of aryl methyl sites for hydroxylation is 2. The third-order valence-corrected chi connectivity index (χ3v) is 3.72. The summed E-state index contributed by atoms with van der Waals surface area (Å²) in [4.78, 5) is 36.1. The standard InChI is InChI=1S/C20H17NO5/c1-12-4-3-5-14(8-12)21-19(23)11-25-20(24)18-10-16(22)15-9-13(2)6-7-17(15)26-18/h3-10H,11H2,1-2H3,(H,21,23). The van der Waals surface area contributed by atoms with E-state index in [1.54, 1.807) is 30.3 Å². The van der Waals surface area contributed by atoms with E-state index in [-0.39, 0.29) is 11.2 Å². The zero-order chi connectivity index (χ0) is 18.7. The van der Waals surface area contributed by atoms with Gasteiger partial charge in [-0.3, -0.25) is 9.59 Å². The summed E-state index contributed by atoms with van der Waals surface area (Å²) in [6.45, 7) is 3.27. The van der Waals surface area contributed by atoms with E-state index in [2.05, 4.69) is 5.32 Å². The number of hydrogen-bond donors (Lipinski definition) is 1. The zero-order valence-corrected chi connectivity index (χ0v) is 14.4. The predicted molar refractivity (Wildman–Crippen MR) is 97.3 cm³/mol. The molecule has 0 saturated carbocycles. The Balaban J connectivity index is 1.68. The topological polar surface area (TPSA) is 85.6 Å². The molecule has 2 aromatic carbocycles. The van der Waals surface area contributed by atoms with Gasteiger partial charge in [-0.15, -0.1) is 0 Å². The molecule has 1 heterocycles. The van der Waals surface area contributed by atoms with Crippen LogP contribution in [-0.4, -0.2) is 18.5 Å². The first-order chi connectivity index (χ1) is 12.4. The summed E-state index contributed by atoms with van der Waals surface area (Å²) in [6, 6.07) is 13.4. The average Bonchev–Trinajstić information content (AvgIpc) is 2.60. The third-order valence-electron chi connectivity index (χ3n) is 3.72. The van der Waals surface area contributed by atoms with Crippen LogP contribution in [0.25, 0.3) is 11.0 Å². The van der Waals surface area contributed by atoms with Gasteiger partial charge in [0.25, 0.3) is 5.91 Å². The lowest BCUT2D eigenvalue weighted by Gasteiger charge is -2.07. The number of amides is 1. The molecule has 6 nitrogen and oxygen atoms in total. The van der Waals surface area contributed by atoms with E-state index in [1.165, 1.54) is 0 Å². The number of rotatable bonds is 4. The molecule has 0 aliphatic carbocycles. The molecule has 0 aliphatic rings. The molecule has 3 rings (SSSR count). The molecule has 0 radical (unpaired) electrons. The molecule has 0 bridgehead atoms. The molecule has 0 fully saturated rings. The number of carbonyl (C=O) groups is 2. The number of anilines is 1. The molecule has 3 aromatic rings. The Bertz CT molecular complexity index is 1050. The first-order valence-corrected chi connectivity index (χ1v) is 8.00. The van der Waals surface area contributed by atoms with Crippen LogP contribution < -0.4 is 10.7 Å². The highest BCUT2D eigenvalue weighted by Gasteiger charge is 2.15. The van der Waals surface area contributed by atoms with Crippen molar-refractivity contribution >= 4 is 28.5 Å². The molecule has 1 aromatic heterocycles. The lowest BCUT2D eigenvalue weighted by molar-refractivity contribution is -0.119. The van der Waals surface area contributed by atoms with Gasteiger partial charge < -0.3 is 14.5 Å². The van der Waals surface area contributed by atoms with Gasteiger partial charge in [0.15, 0.2) is 12.0 Å². The normalized spacial score (nSPS) is 10.5. The van der Waals surface area contributed by atoms with E-state index in [0.29, 0.717) is 16.7 Å². The Hall–Kier alpha value is -3.41.